The molecule has 4 aromatic rings. The molecule has 2 N–H and O–H groups in total. The van der Waals surface area contributed by atoms with Crippen molar-refractivity contribution in [3.63, 3.8) is 0 Å². The maximum atomic E-state index is 13.7. The Balaban J connectivity index is 1.32. The van der Waals surface area contributed by atoms with E-state index in [-0.39, 0.29) is 24.5 Å². The van der Waals surface area contributed by atoms with Gasteiger partial charge in [0.2, 0.25) is 5.91 Å². The summed E-state index contributed by atoms with van der Waals surface area (Å²) in [7, 11) is 0. The van der Waals surface area contributed by atoms with Gasteiger partial charge in [-0.3, -0.25) is 4.79 Å². The molecule has 1 aromatic heterocycles. The quantitative estimate of drug-likeness (QED) is 0.297. The molecule has 6 heteroatoms. The van der Waals surface area contributed by atoms with E-state index < -0.39 is 0 Å². The van der Waals surface area contributed by atoms with Crippen molar-refractivity contribution in [3.05, 3.63) is 101 Å². The molecule has 1 saturated carbocycles. The van der Waals surface area contributed by atoms with Crippen LogP contribution in [-0.4, -0.2) is 45.9 Å². The third-order valence-corrected chi connectivity index (χ3v) is 7.16. The Hall–Kier alpha value is -4.06. The number of para-hydroxylation sites is 2. The van der Waals surface area contributed by atoms with Crippen LogP contribution >= 0.6 is 0 Å². The van der Waals surface area contributed by atoms with E-state index in [1.165, 1.54) is 10.9 Å². The van der Waals surface area contributed by atoms with Gasteiger partial charge in [-0.25, -0.2) is 4.79 Å². The number of aromatic amines is 1. The van der Waals surface area contributed by atoms with Gasteiger partial charge in [-0.1, -0.05) is 66.7 Å². The van der Waals surface area contributed by atoms with Crippen molar-refractivity contribution in [2.24, 2.45) is 0 Å². The lowest BCUT2D eigenvalue weighted by molar-refractivity contribution is -0.132. The number of fused-ring (bicyclic) bond motifs is 1. The topological polar surface area (TPSA) is 68.4 Å². The summed E-state index contributed by atoms with van der Waals surface area (Å²) >= 11 is 0. The number of nitrogens with one attached hydrogen (secondary N) is 2. The number of aromatic nitrogens is 1. The lowest BCUT2D eigenvalue weighted by atomic mass is 10.1. The zero-order valence-corrected chi connectivity index (χ0v) is 21.5. The molecule has 1 fully saturated rings. The fourth-order valence-corrected chi connectivity index (χ4v) is 4.88. The highest BCUT2D eigenvalue weighted by Crippen LogP contribution is 2.29. The second kappa shape index (κ2) is 10.9. The van der Waals surface area contributed by atoms with Gasteiger partial charge in [-0.2, -0.15) is 0 Å². The monoisotopic (exact) mass is 494 g/mol. The van der Waals surface area contributed by atoms with Crippen LogP contribution in [0.15, 0.2) is 79.0 Å². The van der Waals surface area contributed by atoms with Gasteiger partial charge in [0.15, 0.2) is 0 Å². The Morgan fingerprint density at radius 3 is 2.35 bits per heavy atom. The Bertz CT molecular complexity index is 1370. The summed E-state index contributed by atoms with van der Waals surface area (Å²) < 4.78 is 0. The Labute approximate surface area is 218 Å². The smallest absolute Gasteiger partial charge is 0.322 e. The van der Waals surface area contributed by atoms with E-state index in [4.69, 9.17) is 0 Å². The summed E-state index contributed by atoms with van der Waals surface area (Å²) in [6, 6.07) is 24.1. The number of aryl methyl sites for hydroxylation is 2. The molecule has 0 spiro atoms. The Morgan fingerprint density at radius 2 is 1.62 bits per heavy atom. The number of urea groups is 1. The highest BCUT2D eigenvalue weighted by Gasteiger charge is 2.35. The fourth-order valence-electron chi connectivity index (χ4n) is 4.88. The molecule has 1 heterocycles. The minimum absolute atomic E-state index is 0.0350. The molecular weight excluding hydrogens is 460 g/mol. The number of amides is 3. The number of hydrogen-bond donors (Lipinski definition) is 2. The number of rotatable bonds is 9. The van der Waals surface area contributed by atoms with Crippen LogP contribution in [-0.2, 0) is 17.8 Å². The summed E-state index contributed by atoms with van der Waals surface area (Å²) in [5.41, 5.74) is 6.22. The molecule has 1 aliphatic rings. The Kier molecular flexibility index (Phi) is 7.26. The predicted octanol–water partition coefficient (Wildman–Crippen LogP) is 6.05. The normalized spacial score (nSPS) is 12.9. The van der Waals surface area contributed by atoms with Crippen molar-refractivity contribution in [2.75, 3.05) is 18.4 Å². The number of hydrogen-bond acceptors (Lipinski definition) is 2. The van der Waals surface area contributed by atoms with Gasteiger partial charge in [0.1, 0.15) is 6.54 Å². The predicted molar refractivity (Wildman–Crippen MR) is 149 cm³/mol. The van der Waals surface area contributed by atoms with E-state index >= 15 is 0 Å². The van der Waals surface area contributed by atoms with Crippen molar-refractivity contribution in [2.45, 2.75) is 45.7 Å². The standard InChI is InChI=1S/C31H34N4O2/c1-22-9-8-10-23(2)30(22)33-31(37)35(26-15-16-26)21-29(36)34(20-24-11-4-3-5-12-24)18-17-25-19-32-28-14-7-6-13-27(25)28/h3-14,19,26,32H,15-18,20-21H2,1-2H3,(H,33,37). The molecular formula is C31H34N4O2. The third kappa shape index (κ3) is 5.85. The summed E-state index contributed by atoms with van der Waals surface area (Å²) in [5.74, 6) is -0.0350. The molecule has 0 radical (unpaired) electrons. The fraction of sp³-hybridized carbons (Fsp3) is 0.290. The molecule has 3 amide bonds. The largest absolute Gasteiger partial charge is 0.361 e. The van der Waals surface area contributed by atoms with Crippen molar-refractivity contribution >= 4 is 28.5 Å². The van der Waals surface area contributed by atoms with Crippen molar-refractivity contribution in [3.8, 4) is 0 Å². The van der Waals surface area contributed by atoms with Gasteiger partial charge in [-0.15, -0.1) is 0 Å². The summed E-state index contributed by atoms with van der Waals surface area (Å²) in [5, 5.41) is 4.26. The van der Waals surface area contributed by atoms with Crippen molar-refractivity contribution in [1.29, 1.82) is 0 Å². The van der Waals surface area contributed by atoms with E-state index in [0.717, 1.165) is 47.2 Å². The van der Waals surface area contributed by atoms with E-state index in [1.807, 2.05) is 85.6 Å². The first-order valence-corrected chi connectivity index (χ1v) is 13.0. The molecule has 1 aliphatic carbocycles. The molecule has 6 nitrogen and oxygen atoms in total. The first-order valence-electron chi connectivity index (χ1n) is 13.0. The molecule has 3 aromatic carbocycles. The molecule has 5 rings (SSSR count). The second-order valence-electron chi connectivity index (χ2n) is 9.97. The first kappa shape index (κ1) is 24.6. The van der Waals surface area contributed by atoms with Gasteiger partial charge >= 0.3 is 6.03 Å². The van der Waals surface area contributed by atoms with Crippen LogP contribution < -0.4 is 5.32 Å². The van der Waals surface area contributed by atoms with E-state index in [0.29, 0.717) is 13.1 Å². The van der Waals surface area contributed by atoms with Gasteiger partial charge in [-0.05, 0) is 61.4 Å². The van der Waals surface area contributed by atoms with E-state index in [9.17, 15) is 9.59 Å². The van der Waals surface area contributed by atoms with Gasteiger partial charge in [0, 0.05) is 41.9 Å². The average molecular weight is 495 g/mol. The lowest BCUT2D eigenvalue weighted by Crippen LogP contribution is -2.46. The minimum Gasteiger partial charge on any atom is -0.361 e. The Morgan fingerprint density at radius 1 is 0.919 bits per heavy atom. The maximum Gasteiger partial charge on any atom is 0.322 e. The SMILES string of the molecule is Cc1cccc(C)c1NC(=O)N(CC(=O)N(CCc1c[nH]c2ccccc12)Cc1ccccc1)C1CC1. The molecule has 0 bridgehead atoms. The highest BCUT2D eigenvalue weighted by molar-refractivity contribution is 5.94. The molecule has 0 atom stereocenters. The molecule has 37 heavy (non-hydrogen) atoms. The summed E-state index contributed by atoms with van der Waals surface area (Å²) in [6.07, 6.45) is 4.63. The number of carbonyl (C=O) groups is 2. The van der Waals surface area contributed by atoms with Crippen LogP contribution in [0.5, 0.6) is 0 Å². The maximum absolute atomic E-state index is 13.7. The van der Waals surface area contributed by atoms with Crippen LogP contribution in [0.25, 0.3) is 10.9 Å². The van der Waals surface area contributed by atoms with Gasteiger partial charge in [0.05, 0.1) is 0 Å². The number of benzene rings is 3. The van der Waals surface area contributed by atoms with Gasteiger partial charge in [0.25, 0.3) is 0 Å². The van der Waals surface area contributed by atoms with Gasteiger partial charge < -0.3 is 20.1 Å². The third-order valence-electron chi connectivity index (χ3n) is 7.16. The molecule has 0 saturated heterocycles. The highest BCUT2D eigenvalue weighted by atomic mass is 16.2. The number of anilines is 1. The average Bonchev–Trinajstić information content (AvgIpc) is 3.67. The van der Waals surface area contributed by atoms with Crippen LogP contribution in [0.2, 0.25) is 0 Å². The zero-order chi connectivity index (χ0) is 25.8. The number of nitrogens with zero attached hydrogens (tertiary/aromatic N) is 2. The van der Waals surface area contributed by atoms with Crippen molar-refractivity contribution < 1.29 is 9.59 Å². The van der Waals surface area contributed by atoms with Crippen LogP contribution in [0, 0.1) is 13.8 Å². The van der Waals surface area contributed by atoms with E-state index in [2.05, 4.69) is 22.4 Å². The van der Waals surface area contributed by atoms with Crippen LogP contribution in [0.3, 0.4) is 0 Å². The number of H-pyrrole nitrogens is 1. The zero-order valence-electron chi connectivity index (χ0n) is 21.5. The van der Waals surface area contributed by atoms with Crippen LogP contribution in [0.1, 0.15) is 35.1 Å². The van der Waals surface area contributed by atoms with E-state index in [1.54, 1.807) is 4.90 Å². The molecule has 0 unspecified atom stereocenters. The number of carbonyl (C=O) groups excluding carboxylic acids is 2. The van der Waals surface area contributed by atoms with Crippen molar-refractivity contribution in [1.82, 2.24) is 14.8 Å². The summed E-state index contributed by atoms with van der Waals surface area (Å²) in [4.78, 5) is 34.0. The summed E-state index contributed by atoms with van der Waals surface area (Å²) in [6.45, 7) is 5.14. The molecule has 190 valence electrons. The molecule has 0 aliphatic heterocycles. The first-order chi connectivity index (χ1) is 18.0. The minimum atomic E-state index is -0.204. The van der Waals surface area contributed by atoms with Crippen LogP contribution in [0.4, 0.5) is 10.5 Å². The lowest BCUT2D eigenvalue weighted by Gasteiger charge is -2.28. The second-order valence-corrected chi connectivity index (χ2v) is 9.97.